The van der Waals surface area contributed by atoms with Gasteiger partial charge in [0.1, 0.15) is 5.69 Å². The van der Waals surface area contributed by atoms with E-state index in [1.54, 1.807) is 11.3 Å². The Kier molecular flexibility index (Phi) is 5.50. The van der Waals surface area contributed by atoms with Crippen LogP contribution in [-0.4, -0.2) is 28.2 Å². The summed E-state index contributed by atoms with van der Waals surface area (Å²) in [7, 11) is 0. The van der Waals surface area contributed by atoms with Crippen molar-refractivity contribution in [2.45, 2.75) is 33.1 Å². The molecule has 0 aliphatic carbocycles. The molecule has 0 fully saturated rings. The highest BCUT2D eigenvalue weighted by Crippen LogP contribution is 2.16. The smallest absolute Gasteiger partial charge is 0.204 e. The zero-order valence-electron chi connectivity index (χ0n) is 11.3. The molecule has 0 radical (unpaired) electrons. The van der Waals surface area contributed by atoms with Gasteiger partial charge < -0.3 is 9.47 Å². The first-order chi connectivity index (χ1) is 9.33. The van der Waals surface area contributed by atoms with Gasteiger partial charge in [-0.05, 0) is 25.3 Å². The zero-order chi connectivity index (χ0) is 13.5. The summed E-state index contributed by atoms with van der Waals surface area (Å²) in [6.45, 7) is 5.87. The lowest BCUT2D eigenvalue weighted by molar-refractivity contribution is -0.142. The second kappa shape index (κ2) is 7.37. The van der Waals surface area contributed by atoms with Gasteiger partial charge in [-0.25, -0.2) is 0 Å². The van der Waals surface area contributed by atoms with Crippen molar-refractivity contribution in [3.63, 3.8) is 0 Å². The zero-order valence-corrected chi connectivity index (χ0v) is 12.1. The summed E-state index contributed by atoms with van der Waals surface area (Å²) in [5, 5.41) is 10.3. The monoisotopic (exact) mass is 281 g/mol. The standard InChI is InChI=1S/C13H19N3O2S/c1-3-17-13(18-4-2)12-10-16(15-14-12)8-7-11-6-5-9-19-11/h5-6,9-10,13H,3-4,7-8H2,1-2H3. The van der Waals surface area contributed by atoms with E-state index in [-0.39, 0.29) is 0 Å². The van der Waals surface area contributed by atoms with Gasteiger partial charge in [-0.2, -0.15) is 0 Å². The minimum atomic E-state index is -0.412. The van der Waals surface area contributed by atoms with Crippen molar-refractivity contribution in [3.8, 4) is 0 Å². The Morgan fingerprint density at radius 1 is 1.32 bits per heavy atom. The van der Waals surface area contributed by atoms with E-state index < -0.39 is 6.29 Å². The molecule has 0 unspecified atom stereocenters. The molecule has 0 aliphatic rings. The van der Waals surface area contributed by atoms with E-state index >= 15 is 0 Å². The second-order valence-electron chi connectivity index (χ2n) is 3.98. The first-order valence-electron chi connectivity index (χ1n) is 6.49. The molecule has 0 N–H and O–H groups in total. The van der Waals surface area contributed by atoms with Crippen LogP contribution in [0.15, 0.2) is 23.7 Å². The average Bonchev–Trinajstić information content (AvgIpc) is 3.07. The summed E-state index contributed by atoms with van der Waals surface area (Å²) in [6.07, 6.45) is 2.45. The van der Waals surface area contributed by atoms with Crippen LogP contribution in [0.2, 0.25) is 0 Å². The highest BCUT2D eigenvalue weighted by Gasteiger charge is 2.15. The lowest BCUT2D eigenvalue weighted by Crippen LogP contribution is -2.09. The summed E-state index contributed by atoms with van der Waals surface area (Å²) in [5.74, 6) is 0. The molecule has 0 aliphatic heterocycles. The molecular weight excluding hydrogens is 262 g/mol. The van der Waals surface area contributed by atoms with Crippen molar-refractivity contribution in [2.75, 3.05) is 13.2 Å². The fraction of sp³-hybridized carbons (Fsp3) is 0.538. The average molecular weight is 281 g/mol. The lowest BCUT2D eigenvalue weighted by atomic mass is 10.3. The second-order valence-corrected chi connectivity index (χ2v) is 5.01. The summed E-state index contributed by atoms with van der Waals surface area (Å²) < 4.78 is 12.8. The largest absolute Gasteiger partial charge is 0.347 e. The van der Waals surface area contributed by atoms with E-state index in [4.69, 9.17) is 9.47 Å². The van der Waals surface area contributed by atoms with Crippen molar-refractivity contribution in [1.29, 1.82) is 0 Å². The SMILES string of the molecule is CCOC(OCC)c1cn(CCc2cccs2)nn1. The molecule has 0 bridgehead atoms. The third-order valence-corrected chi connectivity index (χ3v) is 3.54. The van der Waals surface area contributed by atoms with Gasteiger partial charge in [0.2, 0.25) is 6.29 Å². The van der Waals surface area contributed by atoms with Crippen molar-refractivity contribution in [2.24, 2.45) is 0 Å². The minimum absolute atomic E-state index is 0.412. The fourth-order valence-electron chi connectivity index (χ4n) is 1.73. The maximum Gasteiger partial charge on any atom is 0.204 e. The number of hydrogen-bond donors (Lipinski definition) is 0. The van der Waals surface area contributed by atoms with Crippen LogP contribution in [0, 0.1) is 0 Å². The number of ether oxygens (including phenoxy) is 2. The molecule has 0 saturated carbocycles. The van der Waals surface area contributed by atoms with E-state index in [1.165, 1.54) is 4.88 Å². The van der Waals surface area contributed by atoms with Crippen molar-refractivity contribution >= 4 is 11.3 Å². The molecule has 2 rings (SSSR count). The van der Waals surface area contributed by atoms with E-state index in [0.717, 1.165) is 18.7 Å². The summed E-state index contributed by atoms with van der Waals surface area (Å²) >= 11 is 1.76. The van der Waals surface area contributed by atoms with Gasteiger partial charge in [0.25, 0.3) is 0 Å². The number of thiophene rings is 1. The van der Waals surface area contributed by atoms with Crippen LogP contribution in [0.3, 0.4) is 0 Å². The third kappa shape index (κ3) is 4.12. The maximum absolute atomic E-state index is 5.50. The molecule has 0 aromatic carbocycles. The Hall–Kier alpha value is -1.24. The molecule has 2 aromatic heterocycles. The summed E-state index contributed by atoms with van der Waals surface area (Å²) in [6, 6.07) is 4.19. The maximum atomic E-state index is 5.50. The van der Waals surface area contributed by atoms with E-state index in [0.29, 0.717) is 13.2 Å². The van der Waals surface area contributed by atoms with Crippen LogP contribution in [0.25, 0.3) is 0 Å². The first-order valence-corrected chi connectivity index (χ1v) is 7.37. The summed E-state index contributed by atoms with van der Waals surface area (Å²) in [4.78, 5) is 1.35. The number of aryl methyl sites for hydroxylation is 2. The highest BCUT2D eigenvalue weighted by atomic mass is 32.1. The predicted molar refractivity (Wildman–Crippen MR) is 74.0 cm³/mol. The fourth-order valence-corrected chi connectivity index (χ4v) is 2.43. The van der Waals surface area contributed by atoms with Crippen LogP contribution in [0.5, 0.6) is 0 Å². The quantitative estimate of drug-likeness (QED) is 0.698. The Bertz CT molecular complexity index is 464. The number of aromatic nitrogens is 3. The Morgan fingerprint density at radius 2 is 2.11 bits per heavy atom. The number of hydrogen-bond acceptors (Lipinski definition) is 5. The Balaban J connectivity index is 1.93. The number of rotatable bonds is 8. The molecular formula is C13H19N3O2S. The third-order valence-electron chi connectivity index (χ3n) is 2.60. The topological polar surface area (TPSA) is 49.2 Å². The van der Waals surface area contributed by atoms with Gasteiger partial charge in [-0.15, -0.1) is 16.4 Å². The van der Waals surface area contributed by atoms with Crippen LogP contribution >= 0.6 is 11.3 Å². The molecule has 19 heavy (non-hydrogen) atoms. The highest BCUT2D eigenvalue weighted by molar-refractivity contribution is 7.09. The normalized spacial score (nSPS) is 11.3. The predicted octanol–water partition coefficient (Wildman–Crippen LogP) is 2.65. The van der Waals surface area contributed by atoms with Crippen molar-refractivity contribution in [3.05, 3.63) is 34.3 Å². The molecule has 104 valence electrons. The van der Waals surface area contributed by atoms with Gasteiger partial charge in [0, 0.05) is 31.1 Å². The van der Waals surface area contributed by atoms with Crippen LogP contribution in [0.1, 0.15) is 30.7 Å². The minimum Gasteiger partial charge on any atom is -0.347 e. The molecule has 0 atom stereocenters. The van der Waals surface area contributed by atoms with Gasteiger partial charge in [-0.1, -0.05) is 11.3 Å². The molecule has 0 saturated heterocycles. The molecule has 0 amide bonds. The van der Waals surface area contributed by atoms with E-state index in [1.807, 2.05) is 24.7 Å². The lowest BCUT2D eigenvalue weighted by Gasteiger charge is -2.13. The van der Waals surface area contributed by atoms with Gasteiger partial charge >= 0.3 is 0 Å². The molecule has 5 nitrogen and oxygen atoms in total. The van der Waals surface area contributed by atoms with Gasteiger partial charge in [-0.3, -0.25) is 4.68 Å². The molecule has 2 aromatic rings. The first kappa shape index (κ1) is 14.2. The molecule has 0 spiro atoms. The van der Waals surface area contributed by atoms with Gasteiger partial charge in [0.05, 0.1) is 6.20 Å². The molecule has 2 heterocycles. The van der Waals surface area contributed by atoms with Crippen molar-refractivity contribution in [1.82, 2.24) is 15.0 Å². The van der Waals surface area contributed by atoms with E-state index in [9.17, 15) is 0 Å². The Labute approximate surface area is 117 Å². The van der Waals surface area contributed by atoms with Crippen LogP contribution < -0.4 is 0 Å². The van der Waals surface area contributed by atoms with Gasteiger partial charge in [0.15, 0.2) is 0 Å². The number of nitrogens with zero attached hydrogens (tertiary/aromatic N) is 3. The summed E-state index contributed by atoms with van der Waals surface area (Å²) in [5.41, 5.74) is 0.731. The van der Waals surface area contributed by atoms with Crippen LogP contribution in [0.4, 0.5) is 0 Å². The van der Waals surface area contributed by atoms with Crippen molar-refractivity contribution < 1.29 is 9.47 Å². The van der Waals surface area contributed by atoms with E-state index in [2.05, 4.69) is 27.8 Å². The van der Waals surface area contributed by atoms with Crippen LogP contribution in [-0.2, 0) is 22.4 Å². The molecule has 6 heteroatoms. The Morgan fingerprint density at radius 3 is 2.74 bits per heavy atom.